The molecule has 0 aliphatic carbocycles. The summed E-state index contributed by atoms with van der Waals surface area (Å²) >= 11 is 1.24. The van der Waals surface area contributed by atoms with Crippen LogP contribution >= 0.6 is 11.3 Å². The molecule has 0 spiro atoms. The Morgan fingerprint density at radius 2 is 1.90 bits per heavy atom. The monoisotopic (exact) mass is 542 g/mol. The molecular formula is C30H26N2O6S. The van der Waals surface area contributed by atoms with Gasteiger partial charge in [-0.1, -0.05) is 54.3 Å². The molecule has 3 aromatic rings. The number of nitrogens with zero attached hydrogens (tertiary/aromatic N) is 2. The van der Waals surface area contributed by atoms with Gasteiger partial charge in [-0.15, -0.1) is 0 Å². The molecule has 3 heterocycles. The Balaban J connectivity index is 1.66. The van der Waals surface area contributed by atoms with Crippen LogP contribution in [0, 0.1) is 0 Å². The zero-order valence-corrected chi connectivity index (χ0v) is 22.5. The number of ether oxygens (including phenoxy) is 3. The van der Waals surface area contributed by atoms with E-state index in [0.29, 0.717) is 26.2 Å². The molecule has 198 valence electrons. The number of fused-ring (bicyclic) bond motifs is 2. The van der Waals surface area contributed by atoms with Gasteiger partial charge in [-0.3, -0.25) is 9.36 Å². The van der Waals surface area contributed by atoms with E-state index >= 15 is 0 Å². The van der Waals surface area contributed by atoms with Crippen LogP contribution in [-0.4, -0.2) is 36.3 Å². The van der Waals surface area contributed by atoms with Gasteiger partial charge in [-0.05, 0) is 55.3 Å². The van der Waals surface area contributed by atoms with Gasteiger partial charge >= 0.3 is 11.9 Å². The second kappa shape index (κ2) is 10.7. The van der Waals surface area contributed by atoms with Crippen molar-refractivity contribution >= 4 is 35.4 Å². The Morgan fingerprint density at radius 3 is 2.62 bits per heavy atom. The lowest BCUT2D eigenvalue weighted by molar-refractivity contribution is -0.138. The maximum Gasteiger partial charge on any atom is 0.338 e. The summed E-state index contributed by atoms with van der Waals surface area (Å²) in [6, 6.07) is 13.5. The summed E-state index contributed by atoms with van der Waals surface area (Å²) in [6.07, 6.45) is 5.04. The van der Waals surface area contributed by atoms with Crippen molar-refractivity contribution in [3.8, 4) is 5.75 Å². The number of hydrogen-bond acceptors (Lipinski definition) is 8. The van der Waals surface area contributed by atoms with Crippen LogP contribution in [0.2, 0.25) is 0 Å². The predicted molar refractivity (Wildman–Crippen MR) is 148 cm³/mol. The summed E-state index contributed by atoms with van der Waals surface area (Å²) in [5, 5.41) is 0. The molecule has 0 bridgehead atoms. The molecule has 5 rings (SSSR count). The quantitative estimate of drug-likeness (QED) is 0.349. The first-order valence-electron chi connectivity index (χ1n) is 12.3. The van der Waals surface area contributed by atoms with Crippen LogP contribution in [0.25, 0.3) is 12.2 Å². The number of thiazole rings is 1. The van der Waals surface area contributed by atoms with E-state index in [1.54, 1.807) is 31.2 Å². The summed E-state index contributed by atoms with van der Waals surface area (Å²) in [7, 11) is 1.31. The summed E-state index contributed by atoms with van der Waals surface area (Å²) in [5.41, 5.74) is 3.14. The summed E-state index contributed by atoms with van der Waals surface area (Å²) < 4.78 is 18.2. The minimum absolute atomic E-state index is 0.0154. The van der Waals surface area contributed by atoms with Gasteiger partial charge in [0.05, 0.1) is 34.5 Å². The van der Waals surface area contributed by atoms with Crippen molar-refractivity contribution in [1.29, 1.82) is 0 Å². The van der Waals surface area contributed by atoms with Gasteiger partial charge in [-0.2, -0.15) is 0 Å². The number of carbonyl (C=O) groups excluding carboxylic acids is 2. The number of hydrogen-bond donors (Lipinski definition) is 0. The number of benzene rings is 2. The fraction of sp³-hybridized carbons (Fsp3) is 0.200. The zero-order chi connectivity index (χ0) is 27.7. The van der Waals surface area contributed by atoms with Crippen LogP contribution < -0.4 is 19.6 Å². The lowest BCUT2D eigenvalue weighted by Gasteiger charge is -2.24. The predicted octanol–water partition coefficient (Wildman–Crippen LogP) is 3.57. The van der Waals surface area contributed by atoms with E-state index in [1.807, 2.05) is 43.3 Å². The number of para-hydroxylation sites is 1. The standard InChI is InChI=1S/C30H26N2O6S/c1-5-14-37-29(35)25-17(2)31-30-32(26(25)19-10-12-20(13-11-19)28(34)36-4)27(33)24(39-30)16-22-15-21-8-6-7-9-23(21)38-18(22)3/h5-13,15-16,18,26H,1,14H2,2-4H3/b24-16-. The molecule has 2 aliphatic heterocycles. The molecule has 1 aromatic heterocycles. The van der Waals surface area contributed by atoms with Crippen LogP contribution in [-0.2, 0) is 14.3 Å². The van der Waals surface area contributed by atoms with E-state index in [9.17, 15) is 14.4 Å². The van der Waals surface area contributed by atoms with E-state index in [-0.39, 0.29) is 23.8 Å². The molecule has 0 amide bonds. The van der Waals surface area contributed by atoms with Crippen LogP contribution in [0.4, 0.5) is 0 Å². The van der Waals surface area contributed by atoms with Gasteiger partial charge < -0.3 is 14.2 Å². The van der Waals surface area contributed by atoms with E-state index < -0.39 is 18.0 Å². The third kappa shape index (κ3) is 4.88. The van der Waals surface area contributed by atoms with Crippen molar-refractivity contribution in [2.24, 2.45) is 4.99 Å². The number of methoxy groups -OCH3 is 1. The Bertz CT molecular complexity index is 1730. The van der Waals surface area contributed by atoms with E-state index in [4.69, 9.17) is 14.2 Å². The van der Waals surface area contributed by atoms with Crippen molar-refractivity contribution < 1.29 is 23.8 Å². The maximum atomic E-state index is 13.9. The number of aromatic nitrogens is 1. The highest BCUT2D eigenvalue weighted by molar-refractivity contribution is 7.07. The summed E-state index contributed by atoms with van der Waals surface area (Å²) in [5.74, 6) is -0.292. The second-order valence-electron chi connectivity index (χ2n) is 9.02. The van der Waals surface area contributed by atoms with Crippen LogP contribution in [0.1, 0.15) is 41.4 Å². The smallest absolute Gasteiger partial charge is 0.338 e. The van der Waals surface area contributed by atoms with E-state index in [0.717, 1.165) is 16.9 Å². The van der Waals surface area contributed by atoms with Gasteiger partial charge in [0.15, 0.2) is 4.80 Å². The first kappa shape index (κ1) is 26.1. The molecule has 2 atom stereocenters. The van der Waals surface area contributed by atoms with Crippen LogP contribution in [0.5, 0.6) is 5.75 Å². The van der Waals surface area contributed by atoms with Gasteiger partial charge in [0.25, 0.3) is 5.56 Å². The maximum absolute atomic E-state index is 13.9. The summed E-state index contributed by atoms with van der Waals surface area (Å²) in [6.45, 7) is 7.26. The average Bonchev–Trinajstić information content (AvgIpc) is 3.24. The molecule has 0 fully saturated rings. The zero-order valence-electron chi connectivity index (χ0n) is 21.7. The Hall–Kier alpha value is -4.50. The Labute approximate surface area is 228 Å². The van der Waals surface area contributed by atoms with Crippen molar-refractivity contribution in [2.45, 2.75) is 26.0 Å². The van der Waals surface area contributed by atoms with Crippen molar-refractivity contribution in [3.05, 3.63) is 114 Å². The lowest BCUT2D eigenvalue weighted by Crippen LogP contribution is -2.40. The fourth-order valence-electron chi connectivity index (χ4n) is 4.60. The molecule has 8 nitrogen and oxygen atoms in total. The topological polar surface area (TPSA) is 96.2 Å². The molecule has 0 saturated carbocycles. The molecule has 0 radical (unpaired) electrons. The third-order valence-corrected chi connectivity index (χ3v) is 7.52. The number of esters is 2. The molecule has 2 aliphatic rings. The first-order valence-corrected chi connectivity index (χ1v) is 13.1. The van der Waals surface area contributed by atoms with Crippen LogP contribution in [0.15, 0.2) is 87.8 Å². The molecule has 9 heteroatoms. The van der Waals surface area contributed by atoms with Crippen molar-refractivity contribution in [1.82, 2.24) is 4.57 Å². The van der Waals surface area contributed by atoms with Crippen molar-refractivity contribution in [2.75, 3.05) is 13.7 Å². The molecule has 2 unspecified atom stereocenters. The average molecular weight is 543 g/mol. The largest absolute Gasteiger partial charge is 0.485 e. The van der Waals surface area contributed by atoms with Gasteiger partial charge in [-0.25, -0.2) is 14.6 Å². The second-order valence-corrected chi connectivity index (χ2v) is 10.0. The number of allylic oxidation sites excluding steroid dienone is 1. The van der Waals surface area contributed by atoms with Gasteiger partial charge in [0, 0.05) is 5.56 Å². The minimum Gasteiger partial charge on any atom is -0.485 e. The highest BCUT2D eigenvalue weighted by atomic mass is 32.1. The van der Waals surface area contributed by atoms with Gasteiger partial charge in [0.1, 0.15) is 18.5 Å². The SMILES string of the molecule is C=CCOC(=O)C1=C(C)N=c2s/c(=C\C3=Cc4ccccc4OC3C)c(=O)n2C1c1ccc(C(=O)OC)cc1. The molecule has 0 saturated heterocycles. The normalized spacial score (nSPS) is 18.2. The fourth-order valence-corrected chi connectivity index (χ4v) is 5.65. The lowest BCUT2D eigenvalue weighted by atomic mass is 9.95. The molecule has 2 aromatic carbocycles. The minimum atomic E-state index is -0.804. The third-order valence-electron chi connectivity index (χ3n) is 6.53. The molecule has 0 N–H and O–H groups in total. The Kier molecular flexibility index (Phi) is 7.17. The van der Waals surface area contributed by atoms with Crippen molar-refractivity contribution in [3.63, 3.8) is 0 Å². The van der Waals surface area contributed by atoms with Crippen LogP contribution in [0.3, 0.4) is 0 Å². The Morgan fingerprint density at radius 1 is 1.15 bits per heavy atom. The highest BCUT2D eigenvalue weighted by Crippen LogP contribution is 2.32. The molecule has 39 heavy (non-hydrogen) atoms. The first-order chi connectivity index (χ1) is 18.8. The number of rotatable bonds is 6. The highest BCUT2D eigenvalue weighted by Gasteiger charge is 2.33. The van der Waals surface area contributed by atoms with E-state index in [2.05, 4.69) is 11.6 Å². The summed E-state index contributed by atoms with van der Waals surface area (Å²) in [4.78, 5) is 44.1. The number of carbonyl (C=O) groups is 2. The van der Waals surface area contributed by atoms with Gasteiger partial charge in [0.2, 0.25) is 0 Å². The molecular weight excluding hydrogens is 516 g/mol. The van der Waals surface area contributed by atoms with E-state index in [1.165, 1.54) is 29.1 Å².